The number of hydrogen-bond donors (Lipinski definition) is 2. The van der Waals surface area contributed by atoms with Gasteiger partial charge in [0.25, 0.3) is 11.1 Å². The SMILES string of the molecule is CC(C)Oc1ccc(/C=c2\[nH]c(=O)/c(=C/c3ccccc3)[nH]c2=O)cc1. The molecule has 0 bridgehead atoms. The van der Waals surface area contributed by atoms with E-state index in [4.69, 9.17) is 4.74 Å². The molecule has 0 atom stereocenters. The van der Waals surface area contributed by atoms with E-state index in [2.05, 4.69) is 9.97 Å². The van der Waals surface area contributed by atoms with Gasteiger partial charge in [0.05, 0.1) is 6.10 Å². The molecule has 26 heavy (non-hydrogen) atoms. The molecule has 3 aromatic rings. The fraction of sp³-hybridized carbons (Fsp3) is 0.143. The lowest BCUT2D eigenvalue weighted by atomic mass is 10.2. The van der Waals surface area contributed by atoms with Crippen molar-refractivity contribution < 1.29 is 4.74 Å². The van der Waals surface area contributed by atoms with Crippen LogP contribution in [0.3, 0.4) is 0 Å². The van der Waals surface area contributed by atoms with E-state index in [0.717, 1.165) is 16.9 Å². The fourth-order valence-electron chi connectivity index (χ4n) is 2.49. The molecule has 0 fully saturated rings. The highest BCUT2D eigenvalue weighted by molar-refractivity contribution is 5.50. The van der Waals surface area contributed by atoms with Crippen LogP contribution in [0.25, 0.3) is 12.2 Å². The minimum absolute atomic E-state index is 0.0948. The van der Waals surface area contributed by atoms with Crippen molar-refractivity contribution in [2.75, 3.05) is 0 Å². The highest BCUT2D eigenvalue weighted by Gasteiger charge is 1.99. The second-order valence-electron chi connectivity index (χ2n) is 6.17. The topological polar surface area (TPSA) is 75.0 Å². The first kappa shape index (κ1) is 17.5. The molecule has 2 N–H and O–H groups in total. The standard InChI is InChI=1S/C21H20N2O3/c1-14(2)26-17-10-8-16(9-11-17)13-19-21(25)22-18(20(24)23-19)12-15-6-4-3-5-7-15/h3-14H,1-2H3,(H,22,25)(H,23,24)/b18-12-,19-13-. The van der Waals surface area contributed by atoms with Crippen LogP contribution in [0.1, 0.15) is 25.0 Å². The van der Waals surface area contributed by atoms with Crippen molar-refractivity contribution in [3.05, 3.63) is 97.1 Å². The summed E-state index contributed by atoms with van der Waals surface area (Å²) in [7, 11) is 0. The average molecular weight is 348 g/mol. The van der Waals surface area contributed by atoms with E-state index in [1.54, 1.807) is 12.2 Å². The molecule has 1 aromatic heterocycles. The largest absolute Gasteiger partial charge is 0.491 e. The van der Waals surface area contributed by atoms with Crippen LogP contribution in [0.5, 0.6) is 5.75 Å². The molecule has 5 heteroatoms. The average Bonchev–Trinajstić information content (AvgIpc) is 2.61. The molecule has 0 unspecified atom stereocenters. The highest BCUT2D eigenvalue weighted by Crippen LogP contribution is 2.13. The third-order valence-corrected chi connectivity index (χ3v) is 3.66. The Kier molecular flexibility index (Phi) is 5.17. The maximum Gasteiger partial charge on any atom is 0.272 e. The molecule has 0 saturated carbocycles. The summed E-state index contributed by atoms with van der Waals surface area (Å²) >= 11 is 0. The Morgan fingerprint density at radius 2 is 1.27 bits per heavy atom. The summed E-state index contributed by atoms with van der Waals surface area (Å²) in [6, 6.07) is 16.7. The summed E-state index contributed by atoms with van der Waals surface area (Å²) < 4.78 is 5.59. The van der Waals surface area contributed by atoms with Crippen molar-refractivity contribution in [2.24, 2.45) is 0 Å². The van der Waals surface area contributed by atoms with E-state index in [1.165, 1.54) is 0 Å². The van der Waals surface area contributed by atoms with Gasteiger partial charge in [-0.1, -0.05) is 42.5 Å². The van der Waals surface area contributed by atoms with Crippen molar-refractivity contribution in [2.45, 2.75) is 20.0 Å². The second kappa shape index (κ2) is 7.70. The lowest BCUT2D eigenvalue weighted by Gasteiger charge is -2.09. The van der Waals surface area contributed by atoms with Gasteiger partial charge in [-0.05, 0) is 49.3 Å². The zero-order valence-electron chi connectivity index (χ0n) is 14.7. The van der Waals surface area contributed by atoms with E-state index in [1.807, 2.05) is 68.4 Å². The number of aromatic nitrogens is 2. The number of H-pyrrole nitrogens is 2. The number of benzene rings is 2. The maximum atomic E-state index is 12.3. The predicted molar refractivity (Wildman–Crippen MR) is 103 cm³/mol. The molecule has 0 aliphatic rings. The molecule has 0 amide bonds. The smallest absolute Gasteiger partial charge is 0.272 e. The van der Waals surface area contributed by atoms with Gasteiger partial charge in [-0.3, -0.25) is 9.59 Å². The van der Waals surface area contributed by atoms with E-state index >= 15 is 0 Å². The van der Waals surface area contributed by atoms with Crippen LogP contribution >= 0.6 is 0 Å². The third kappa shape index (κ3) is 4.39. The zero-order valence-corrected chi connectivity index (χ0v) is 14.7. The van der Waals surface area contributed by atoms with Crippen molar-refractivity contribution in [3.8, 4) is 5.75 Å². The van der Waals surface area contributed by atoms with Crippen molar-refractivity contribution >= 4 is 12.2 Å². The number of rotatable bonds is 4. The lowest BCUT2D eigenvalue weighted by molar-refractivity contribution is 0.242. The van der Waals surface area contributed by atoms with Crippen LogP contribution in [0.2, 0.25) is 0 Å². The minimum atomic E-state index is -0.353. The van der Waals surface area contributed by atoms with Gasteiger partial charge in [-0.15, -0.1) is 0 Å². The number of aromatic amines is 2. The van der Waals surface area contributed by atoms with E-state index in [9.17, 15) is 9.59 Å². The Hall–Kier alpha value is -3.34. The van der Waals surface area contributed by atoms with Crippen LogP contribution in [0, 0.1) is 0 Å². The number of nitrogens with one attached hydrogen (secondary N) is 2. The monoisotopic (exact) mass is 348 g/mol. The molecule has 132 valence electrons. The zero-order chi connectivity index (χ0) is 18.5. The molecular formula is C21H20N2O3. The van der Waals surface area contributed by atoms with Gasteiger partial charge < -0.3 is 14.7 Å². The van der Waals surface area contributed by atoms with E-state index in [0.29, 0.717) is 0 Å². The highest BCUT2D eigenvalue weighted by atomic mass is 16.5. The first-order valence-corrected chi connectivity index (χ1v) is 8.39. The summed E-state index contributed by atoms with van der Waals surface area (Å²) in [4.78, 5) is 29.8. The van der Waals surface area contributed by atoms with Crippen LogP contribution < -0.4 is 26.6 Å². The van der Waals surface area contributed by atoms with Crippen LogP contribution in [0.15, 0.2) is 64.2 Å². The first-order chi connectivity index (χ1) is 12.5. The Bertz CT molecular complexity index is 1110. The summed E-state index contributed by atoms with van der Waals surface area (Å²) in [6.07, 6.45) is 3.37. The van der Waals surface area contributed by atoms with Crippen LogP contribution in [-0.4, -0.2) is 16.1 Å². The third-order valence-electron chi connectivity index (χ3n) is 3.66. The van der Waals surface area contributed by atoms with Gasteiger partial charge in [0, 0.05) is 0 Å². The summed E-state index contributed by atoms with van der Waals surface area (Å²) in [5.41, 5.74) is 0.932. The molecule has 0 radical (unpaired) electrons. The molecule has 0 saturated heterocycles. The molecular weight excluding hydrogens is 328 g/mol. The minimum Gasteiger partial charge on any atom is -0.491 e. The van der Waals surface area contributed by atoms with Gasteiger partial charge in [-0.25, -0.2) is 0 Å². The van der Waals surface area contributed by atoms with Gasteiger partial charge in [0.15, 0.2) is 0 Å². The van der Waals surface area contributed by atoms with Crippen molar-refractivity contribution in [1.29, 1.82) is 0 Å². The van der Waals surface area contributed by atoms with Crippen molar-refractivity contribution in [3.63, 3.8) is 0 Å². The molecule has 0 aliphatic heterocycles. The molecule has 3 rings (SSSR count). The van der Waals surface area contributed by atoms with Gasteiger partial charge in [-0.2, -0.15) is 0 Å². The Labute approximate surface area is 150 Å². The molecule has 0 spiro atoms. The summed E-state index contributed by atoms with van der Waals surface area (Å²) in [5, 5.41) is 0.428. The van der Waals surface area contributed by atoms with E-state index in [-0.39, 0.29) is 27.9 Å². The molecule has 2 aromatic carbocycles. The maximum absolute atomic E-state index is 12.3. The van der Waals surface area contributed by atoms with Crippen LogP contribution in [0.4, 0.5) is 0 Å². The fourth-order valence-corrected chi connectivity index (χ4v) is 2.49. The Morgan fingerprint density at radius 3 is 1.77 bits per heavy atom. The Morgan fingerprint density at radius 1 is 0.769 bits per heavy atom. The normalized spacial score (nSPS) is 12.6. The summed E-state index contributed by atoms with van der Waals surface area (Å²) in [5.74, 6) is 0.757. The Balaban J connectivity index is 1.98. The summed E-state index contributed by atoms with van der Waals surface area (Å²) in [6.45, 7) is 3.91. The van der Waals surface area contributed by atoms with Crippen molar-refractivity contribution in [1.82, 2.24) is 9.97 Å². The van der Waals surface area contributed by atoms with Gasteiger partial charge in [0.2, 0.25) is 0 Å². The number of hydrogen-bond acceptors (Lipinski definition) is 3. The molecule has 0 aliphatic carbocycles. The molecule has 5 nitrogen and oxygen atoms in total. The van der Waals surface area contributed by atoms with Crippen LogP contribution in [-0.2, 0) is 0 Å². The quantitative estimate of drug-likeness (QED) is 0.750. The lowest BCUT2D eigenvalue weighted by Crippen LogP contribution is -2.46. The van der Waals surface area contributed by atoms with Gasteiger partial charge >= 0.3 is 0 Å². The number of ether oxygens (including phenoxy) is 1. The second-order valence-corrected chi connectivity index (χ2v) is 6.17. The van der Waals surface area contributed by atoms with E-state index < -0.39 is 0 Å². The predicted octanol–water partition coefficient (Wildman–Crippen LogP) is 1.51. The first-order valence-electron chi connectivity index (χ1n) is 8.39. The molecule has 1 heterocycles. The van der Waals surface area contributed by atoms with Gasteiger partial charge in [0.1, 0.15) is 16.4 Å².